The summed E-state index contributed by atoms with van der Waals surface area (Å²) >= 11 is 0. The Labute approximate surface area is 150 Å². The quantitative estimate of drug-likeness (QED) is 0.450. The van der Waals surface area contributed by atoms with Crippen LogP contribution in [0.4, 0.5) is 11.4 Å². The minimum atomic E-state index is -0.484. The van der Waals surface area contributed by atoms with E-state index in [0.717, 1.165) is 5.69 Å². The van der Waals surface area contributed by atoms with Gasteiger partial charge in [0, 0.05) is 43.9 Å². The van der Waals surface area contributed by atoms with Gasteiger partial charge in [-0.1, -0.05) is 18.2 Å². The van der Waals surface area contributed by atoms with Gasteiger partial charge in [0.2, 0.25) is 5.91 Å². The van der Waals surface area contributed by atoms with Crippen molar-refractivity contribution in [2.45, 2.75) is 12.8 Å². The lowest BCUT2D eigenvalue weighted by Crippen LogP contribution is -2.18. The molecule has 0 heterocycles. The molecule has 0 atom stereocenters. The van der Waals surface area contributed by atoms with Crippen molar-refractivity contribution in [2.75, 3.05) is 19.0 Å². The van der Waals surface area contributed by atoms with Gasteiger partial charge in [0.1, 0.15) is 5.75 Å². The monoisotopic (exact) mass is 356 g/mol. The van der Waals surface area contributed by atoms with E-state index in [0.29, 0.717) is 17.5 Å². The van der Waals surface area contributed by atoms with E-state index in [1.54, 1.807) is 35.2 Å². The van der Waals surface area contributed by atoms with E-state index < -0.39 is 4.92 Å². The highest BCUT2D eigenvalue weighted by atomic mass is 16.6. The van der Waals surface area contributed by atoms with Crippen molar-refractivity contribution < 1.29 is 14.8 Å². The second-order valence-electron chi connectivity index (χ2n) is 5.82. The van der Waals surface area contributed by atoms with Crippen LogP contribution >= 0.6 is 0 Å². The van der Waals surface area contributed by atoms with Crippen molar-refractivity contribution in [1.82, 2.24) is 5.43 Å². The van der Waals surface area contributed by atoms with Gasteiger partial charge in [-0.3, -0.25) is 14.9 Å². The smallest absolute Gasteiger partial charge is 0.270 e. The molecule has 136 valence electrons. The number of hydrazone groups is 1. The molecule has 0 spiro atoms. The number of aromatic hydroxyl groups is 1. The molecule has 1 amide bonds. The second-order valence-corrected chi connectivity index (χ2v) is 5.82. The molecule has 2 aromatic carbocycles. The zero-order valence-electron chi connectivity index (χ0n) is 14.5. The first kappa shape index (κ1) is 18.9. The number of phenolic OH excluding ortho intramolecular Hbond substituents is 1. The molecule has 0 saturated carbocycles. The fourth-order valence-electron chi connectivity index (χ4n) is 2.37. The van der Waals surface area contributed by atoms with Crippen molar-refractivity contribution in [3.63, 3.8) is 0 Å². The van der Waals surface area contributed by atoms with Crippen molar-refractivity contribution in [3.8, 4) is 5.75 Å². The highest BCUT2D eigenvalue weighted by molar-refractivity contribution is 5.90. The van der Waals surface area contributed by atoms with Gasteiger partial charge in [-0.05, 0) is 24.1 Å². The summed E-state index contributed by atoms with van der Waals surface area (Å²) in [5, 5.41) is 24.5. The molecule has 0 bridgehead atoms. The number of nitrogens with zero attached hydrogens (tertiary/aromatic N) is 3. The van der Waals surface area contributed by atoms with Crippen LogP contribution in [0, 0.1) is 10.1 Å². The van der Waals surface area contributed by atoms with Crippen LogP contribution < -0.4 is 10.3 Å². The molecule has 2 aromatic rings. The molecule has 0 fully saturated rings. The standard InChI is InChI=1S/C18H20N4O4/c1-21(2)16-9-8-15(22(25)26)11-14(16)12-19-20-18(24)10-7-13-5-3-4-6-17(13)23/h3-6,8-9,11-12,23H,7,10H2,1-2H3,(H,20,24)/b19-12-. The summed E-state index contributed by atoms with van der Waals surface area (Å²) in [5.74, 6) is -0.169. The number of anilines is 1. The maximum Gasteiger partial charge on any atom is 0.270 e. The SMILES string of the molecule is CN(C)c1ccc([N+](=O)[O-])cc1/C=N\NC(=O)CCc1ccccc1O. The highest BCUT2D eigenvalue weighted by Crippen LogP contribution is 2.22. The van der Waals surface area contributed by atoms with E-state index in [4.69, 9.17) is 0 Å². The number of hydrogen-bond donors (Lipinski definition) is 2. The van der Waals surface area contributed by atoms with Crippen molar-refractivity contribution in [2.24, 2.45) is 5.10 Å². The molecule has 0 aliphatic rings. The number of carbonyl (C=O) groups is 1. The molecular formula is C18H20N4O4. The molecule has 0 aliphatic heterocycles. The molecule has 0 unspecified atom stereocenters. The molecule has 0 aromatic heterocycles. The Kier molecular flexibility index (Phi) is 6.26. The van der Waals surface area contributed by atoms with Crippen molar-refractivity contribution in [1.29, 1.82) is 0 Å². The molecule has 26 heavy (non-hydrogen) atoms. The third kappa shape index (κ3) is 5.04. The van der Waals surface area contributed by atoms with Gasteiger partial charge in [-0.25, -0.2) is 5.43 Å². The van der Waals surface area contributed by atoms with E-state index in [2.05, 4.69) is 10.5 Å². The molecule has 2 rings (SSSR count). The molecule has 0 radical (unpaired) electrons. The number of amides is 1. The Hall–Kier alpha value is -3.42. The first-order valence-corrected chi connectivity index (χ1v) is 7.93. The van der Waals surface area contributed by atoms with Crippen molar-refractivity contribution in [3.05, 3.63) is 63.7 Å². The number of non-ortho nitro benzene ring substituents is 1. The molecule has 2 N–H and O–H groups in total. The number of nitrogens with one attached hydrogen (secondary N) is 1. The number of benzene rings is 2. The van der Waals surface area contributed by atoms with Crippen LogP contribution in [0.25, 0.3) is 0 Å². The van der Waals surface area contributed by atoms with Gasteiger partial charge in [-0.2, -0.15) is 5.10 Å². The summed E-state index contributed by atoms with van der Waals surface area (Å²) in [7, 11) is 3.62. The predicted molar refractivity (Wildman–Crippen MR) is 99.6 cm³/mol. The maximum atomic E-state index is 11.9. The van der Waals surface area contributed by atoms with Crippen LogP contribution in [0.15, 0.2) is 47.6 Å². The van der Waals surface area contributed by atoms with Crippen LogP contribution in [0.5, 0.6) is 5.75 Å². The van der Waals surface area contributed by atoms with E-state index >= 15 is 0 Å². The summed E-state index contributed by atoms with van der Waals surface area (Å²) in [6.45, 7) is 0. The lowest BCUT2D eigenvalue weighted by Gasteiger charge is -2.14. The summed E-state index contributed by atoms with van der Waals surface area (Å²) in [4.78, 5) is 24.1. The number of phenols is 1. The summed E-state index contributed by atoms with van der Waals surface area (Å²) < 4.78 is 0. The van der Waals surface area contributed by atoms with Gasteiger partial charge >= 0.3 is 0 Å². The maximum absolute atomic E-state index is 11.9. The highest BCUT2D eigenvalue weighted by Gasteiger charge is 2.11. The Morgan fingerprint density at radius 1 is 1.31 bits per heavy atom. The van der Waals surface area contributed by atoms with Crippen LogP contribution in [-0.2, 0) is 11.2 Å². The summed E-state index contributed by atoms with van der Waals surface area (Å²) in [6, 6.07) is 11.2. The van der Waals surface area contributed by atoms with Crippen LogP contribution in [0.3, 0.4) is 0 Å². The Morgan fingerprint density at radius 2 is 2.04 bits per heavy atom. The Morgan fingerprint density at radius 3 is 2.69 bits per heavy atom. The fourth-order valence-corrected chi connectivity index (χ4v) is 2.37. The van der Waals surface area contributed by atoms with Crippen molar-refractivity contribution >= 4 is 23.5 Å². The average Bonchev–Trinajstić information content (AvgIpc) is 2.60. The van der Waals surface area contributed by atoms with E-state index in [1.165, 1.54) is 18.3 Å². The number of hydrogen-bond acceptors (Lipinski definition) is 6. The lowest BCUT2D eigenvalue weighted by atomic mass is 10.1. The largest absolute Gasteiger partial charge is 0.508 e. The van der Waals surface area contributed by atoms with Gasteiger partial charge in [0.15, 0.2) is 0 Å². The zero-order valence-corrected chi connectivity index (χ0v) is 14.5. The lowest BCUT2D eigenvalue weighted by molar-refractivity contribution is -0.384. The molecular weight excluding hydrogens is 336 g/mol. The van der Waals surface area contributed by atoms with E-state index in [9.17, 15) is 20.0 Å². The predicted octanol–water partition coefficient (Wildman–Crippen LogP) is 2.45. The Bertz CT molecular complexity index is 834. The third-order valence-corrected chi connectivity index (χ3v) is 3.71. The Balaban J connectivity index is 2.01. The zero-order chi connectivity index (χ0) is 19.1. The molecule has 8 nitrogen and oxygen atoms in total. The van der Waals surface area contributed by atoms with E-state index in [-0.39, 0.29) is 23.8 Å². The third-order valence-electron chi connectivity index (χ3n) is 3.71. The van der Waals surface area contributed by atoms with Gasteiger partial charge in [0.05, 0.1) is 11.1 Å². The molecule has 0 aliphatic carbocycles. The molecule has 8 heteroatoms. The first-order chi connectivity index (χ1) is 12.4. The average molecular weight is 356 g/mol. The first-order valence-electron chi connectivity index (χ1n) is 7.93. The number of nitro benzene ring substituents is 1. The number of rotatable bonds is 7. The summed E-state index contributed by atoms with van der Waals surface area (Å²) in [5.41, 5.74) is 4.28. The van der Waals surface area contributed by atoms with E-state index in [1.807, 2.05) is 14.1 Å². The minimum absolute atomic E-state index is 0.0528. The van der Waals surface area contributed by atoms with Gasteiger partial charge < -0.3 is 10.0 Å². The van der Waals surface area contributed by atoms with Crippen LogP contribution in [0.1, 0.15) is 17.5 Å². The minimum Gasteiger partial charge on any atom is -0.508 e. The second kappa shape index (κ2) is 8.61. The normalized spacial score (nSPS) is 10.7. The summed E-state index contributed by atoms with van der Waals surface area (Å²) in [6.07, 6.45) is 1.92. The number of nitro groups is 1. The number of carbonyl (C=O) groups excluding carboxylic acids is 1. The molecule has 0 saturated heterocycles. The van der Waals surface area contributed by atoms with Gasteiger partial charge in [0.25, 0.3) is 5.69 Å². The number of para-hydroxylation sites is 1. The fraction of sp³-hybridized carbons (Fsp3) is 0.222. The van der Waals surface area contributed by atoms with Crippen LogP contribution in [-0.4, -0.2) is 36.2 Å². The topological polar surface area (TPSA) is 108 Å². The van der Waals surface area contributed by atoms with Crippen LogP contribution in [0.2, 0.25) is 0 Å². The van der Waals surface area contributed by atoms with Gasteiger partial charge in [-0.15, -0.1) is 0 Å². The number of aryl methyl sites for hydroxylation is 1.